The van der Waals surface area contributed by atoms with Crippen LogP contribution in [-0.2, 0) is 6.54 Å². The van der Waals surface area contributed by atoms with Gasteiger partial charge in [-0.05, 0) is 43.7 Å². The van der Waals surface area contributed by atoms with Crippen LogP contribution in [-0.4, -0.2) is 35.5 Å². The van der Waals surface area contributed by atoms with Crippen LogP contribution in [0.2, 0.25) is 0 Å². The summed E-state index contributed by atoms with van der Waals surface area (Å²) in [5.41, 5.74) is 0.942. The SMILES string of the molecule is CCNC(=NCc1ncccc1F)N1CCC2(CCC2)C1.I. The number of halogens is 2. The molecule has 122 valence electrons. The van der Waals surface area contributed by atoms with Crippen molar-refractivity contribution in [3.05, 3.63) is 29.8 Å². The van der Waals surface area contributed by atoms with Crippen LogP contribution in [0.4, 0.5) is 4.39 Å². The fraction of sp³-hybridized carbons (Fsp3) is 0.625. The molecule has 1 spiro atoms. The minimum Gasteiger partial charge on any atom is -0.357 e. The number of hydrogen-bond acceptors (Lipinski definition) is 2. The molecule has 4 nitrogen and oxygen atoms in total. The number of aliphatic imine (C=N–C) groups is 1. The van der Waals surface area contributed by atoms with E-state index in [4.69, 9.17) is 0 Å². The first-order valence-electron chi connectivity index (χ1n) is 7.85. The van der Waals surface area contributed by atoms with Gasteiger partial charge in [0.25, 0.3) is 0 Å². The molecule has 0 amide bonds. The van der Waals surface area contributed by atoms with Gasteiger partial charge in [0, 0.05) is 25.8 Å². The molecule has 2 heterocycles. The van der Waals surface area contributed by atoms with Crippen molar-refractivity contribution < 1.29 is 4.39 Å². The summed E-state index contributed by atoms with van der Waals surface area (Å²) in [5, 5.41) is 3.33. The summed E-state index contributed by atoms with van der Waals surface area (Å²) >= 11 is 0. The highest BCUT2D eigenvalue weighted by Crippen LogP contribution is 2.47. The Morgan fingerprint density at radius 3 is 2.86 bits per heavy atom. The summed E-state index contributed by atoms with van der Waals surface area (Å²) in [6.45, 7) is 5.32. The summed E-state index contributed by atoms with van der Waals surface area (Å²) in [4.78, 5) is 11.0. The van der Waals surface area contributed by atoms with Gasteiger partial charge in [-0.15, -0.1) is 24.0 Å². The number of hydrogen-bond donors (Lipinski definition) is 1. The number of rotatable bonds is 3. The molecule has 0 unspecified atom stereocenters. The Labute approximate surface area is 148 Å². The third kappa shape index (κ3) is 3.70. The minimum atomic E-state index is -0.283. The predicted molar refractivity (Wildman–Crippen MR) is 96.9 cm³/mol. The maximum Gasteiger partial charge on any atom is 0.194 e. The van der Waals surface area contributed by atoms with Gasteiger partial charge < -0.3 is 10.2 Å². The van der Waals surface area contributed by atoms with E-state index in [1.165, 1.54) is 31.7 Å². The van der Waals surface area contributed by atoms with Crippen molar-refractivity contribution in [2.24, 2.45) is 10.4 Å². The van der Waals surface area contributed by atoms with Crippen molar-refractivity contribution in [1.82, 2.24) is 15.2 Å². The van der Waals surface area contributed by atoms with Crippen LogP contribution in [0.15, 0.2) is 23.3 Å². The van der Waals surface area contributed by atoms with Crippen LogP contribution < -0.4 is 5.32 Å². The summed E-state index contributed by atoms with van der Waals surface area (Å²) < 4.78 is 13.6. The zero-order chi connectivity index (χ0) is 14.7. The van der Waals surface area contributed by atoms with Crippen LogP contribution in [0.1, 0.15) is 38.3 Å². The molecule has 1 saturated heterocycles. The average Bonchev–Trinajstić information content (AvgIpc) is 2.90. The Bertz CT molecular complexity index is 531. The number of aromatic nitrogens is 1. The lowest BCUT2D eigenvalue weighted by molar-refractivity contribution is 0.151. The molecule has 1 aliphatic heterocycles. The minimum absolute atomic E-state index is 0. The molecule has 0 bridgehead atoms. The monoisotopic (exact) mass is 418 g/mol. The van der Waals surface area contributed by atoms with Crippen LogP contribution in [0, 0.1) is 11.2 Å². The molecular weight excluding hydrogens is 394 g/mol. The van der Waals surface area contributed by atoms with Gasteiger partial charge in [-0.1, -0.05) is 6.42 Å². The average molecular weight is 418 g/mol. The van der Waals surface area contributed by atoms with Crippen LogP contribution in [0.25, 0.3) is 0 Å². The van der Waals surface area contributed by atoms with E-state index >= 15 is 0 Å². The van der Waals surface area contributed by atoms with Gasteiger partial charge in [0.1, 0.15) is 5.82 Å². The first kappa shape index (κ1) is 17.4. The van der Waals surface area contributed by atoms with Gasteiger partial charge in [0.2, 0.25) is 0 Å². The lowest BCUT2D eigenvalue weighted by Crippen LogP contribution is -2.42. The standard InChI is InChI=1S/C16H23FN4.HI/c1-2-18-15(20-11-14-13(17)5-3-9-19-14)21-10-8-16(12-21)6-4-7-16;/h3,5,9H,2,4,6-8,10-12H2,1H3,(H,18,20);1H. The van der Waals surface area contributed by atoms with Gasteiger partial charge in [0.15, 0.2) is 5.96 Å². The second-order valence-electron chi connectivity index (χ2n) is 6.13. The van der Waals surface area contributed by atoms with Gasteiger partial charge >= 0.3 is 0 Å². The first-order chi connectivity index (χ1) is 10.2. The van der Waals surface area contributed by atoms with Gasteiger partial charge in [0.05, 0.1) is 12.2 Å². The first-order valence-corrected chi connectivity index (χ1v) is 7.85. The largest absolute Gasteiger partial charge is 0.357 e. The molecule has 1 aromatic rings. The maximum atomic E-state index is 13.6. The van der Waals surface area contributed by atoms with Crippen LogP contribution in [0.5, 0.6) is 0 Å². The third-order valence-corrected chi connectivity index (χ3v) is 4.70. The van der Waals surface area contributed by atoms with Gasteiger partial charge in [-0.3, -0.25) is 4.98 Å². The molecule has 2 aliphatic rings. The van der Waals surface area contributed by atoms with Gasteiger partial charge in [-0.2, -0.15) is 0 Å². The third-order valence-electron chi connectivity index (χ3n) is 4.70. The molecule has 1 aromatic heterocycles. The van der Waals surface area contributed by atoms with Crippen LogP contribution >= 0.6 is 24.0 Å². The smallest absolute Gasteiger partial charge is 0.194 e. The topological polar surface area (TPSA) is 40.5 Å². The second kappa shape index (κ2) is 7.57. The van der Waals surface area contributed by atoms with Crippen molar-refractivity contribution in [3.63, 3.8) is 0 Å². The highest BCUT2D eigenvalue weighted by Gasteiger charge is 2.43. The summed E-state index contributed by atoms with van der Waals surface area (Å²) in [5.74, 6) is 0.611. The van der Waals surface area contributed by atoms with E-state index in [2.05, 4.69) is 27.1 Å². The highest BCUT2D eigenvalue weighted by molar-refractivity contribution is 14.0. The van der Waals surface area contributed by atoms with E-state index in [9.17, 15) is 4.39 Å². The Balaban J connectivity index is 0.00000176. The molecule has 6 heteroatoms. The predicted octanol–water partition coefficient (Wildman–Crippen LogP) is 3.18. The maximum absolute atomic E-state index is 13.6. The van der Waals surface area contributed by atoms with Crippen LogP contribution in [0.3, 0.4) is 0 Å². The summed E-state index contributed by atoms with van der Waals surface area (Å²) in [6.07, 6.45) is 6.92. The molecule has 0 radical (unpaired) electrons. The summed E-state index contributed by atoms with van der Waals surface area (Å²) in [7, 11) is 0. The molecule has 1 N–H and O–H groups in total. The Morgan fingerprint density at radius 2 is 2.27 bits per heavy atom. The molecule has 1 saturated carbocycles. The molecular formula is C16H24FIN4. The molecule has 0 aromatic carbocycles. The zero-order valence-electron chi connectivity index (χ0n) is 13.0. The molecule has 2 fully saturated rings. The zero-order valence-corrected chi connectivity index (χ0v) is 15.3. The fourth-order valence-electron chi connectivity index (χ4n) is 3.31. The normalized spacial score (nSPS) is 19.7. The molecule has 3 rings (SSSR count). The van der Waals surface area contributed by atoms with Gasteiger partial charge in [-0.25, -0.2) is 9.38 Å². The number of nitrogens with zero attached hydrogens (tertiary/aromatic N) is 3. The summed E-state index contributed by atoms with van der Waals surface area (Å²) in [6, 6.07) is 3.04. The number of nitrogens with one attached hydrogen (secondary N) is 1. The van der Waals surface area contributed by atoms with E-state index in [0.29, 0.717) is 17.7 Å². The van der Waals surface area contributed by atoms with Crippen molar-refractivity contribution in [3.8, 4) is 0 Å². The molecule has 0 atom stereocenters. The van der Waals surface area contributed by atoms with E-state index in [-0.39, 0.29) is 29.8 Å². The quantitative estimate of drug-likeness (QED) is 0.466. The Morgan fingerprint density at radius 1 is 1.45 bits per heavy atom. The van der Waals surface area contributed by atoms with E-state index < -0.39 is 0 Å². The van der Waals surface area contributed by atoms with Crippen molar-refractivity contribution >= 4 is 29.9 Å². The fourth-order valence-corrected chi connectivity index (χ4v) is 3.31. The number of guanidine groups is 1. The van der Waals surface area contributed by atoms with Crippen molar-refractivity contribution in [1.29, 1.82) is 0 Å². The number of pyridine rings is 1. The molecule has 1 aliphatic carbocycles. The Hall–Kier alpha value is -0.920. The van der Waals surface area contributed by atoms with E-state index in [1.54, 1.807) is 12.3 Å². The van der Waals surface area contributed by atoms with Crippen molar-refractivity contribution in [2.75, 3.05) is 19.6 Å². The van der Waals surface area contributed by atoms with Crippen molar-refractivity contribution in [2.45, 2.75) is 39.2 Å². The number of likely N-dealkylation sites (tertiary alicyclic amines) is 1. The lowest BCUT2D eigenvalue weighted by Gasteiger charge is -2.38. The highest BCUT2D eigenvalue weighted by atomic mass is 127. The Kier molecular flexibility index (Phi) is 6.00. The van der Waals surface area contributed by atoms with E-state index in [0.717, 1.165) is 25.6 Å². The van der Waals surface area contributed by atoms with E-state index in [1.807, 2.05) is 0 Å². The molecule has 22 heavy (non-hydrogen) atoms. The second-order valence-corrected chi connectivity index (χ2v) is 6.13. The lowest BCUT2D eigenvalue weighted by atomic mass is 9.68.